The molecule has 33 heavy (non-hydrogen) atoms. The molecule has 1 heterocycles. The maximum Gasteiger partial charge on any atom is 0.416 e. The van der Waals surface area contributed by atoms with E-state index in [4.69, 9.17) is 0 Å². The quantitative estimate of drug-likeness (QED) is 0.449. The van der Waals surface area contributed by atoms with E-state index in [0.29, 0.717) is 16.9 Å². The van der Waals surface area contributed by atoms with Crippen LogP contribution in [-0.2, 0) is 22.7 Å². The summed E-state index contributed by atoms with van der Waals surface area (Å²) in [6, 6.07) is 13.6. The zero-order chi connectivity index (χ0) is 24.1. The Morgan fingerprint density at radius 3 is 2.21 bits per heavy atom. The Kier molecular flexibility index (Phi) is 5.68. The van der Waals surface area contributed by atoms with Crippen LogP contribution in [0.4, 0.5) is 30.2 Å². The second kappa shape index (κ2) is 8.09. The molecule has 1 aliphatic rings. The van der Waals surface area contributed by atoms with Crippen molar-refractivity contribution in [2.75, 3.05) is 9.62 Å². The van der Waals surface area contributed by atoms with Crippen LogP contribution in [0, 0.1) is 13.8 Å². The Labute approximate surface area is 192 Å². The van der Waals surface area contributed by atoms with Crippen LogP contribution in [0.5, 0.6) is 0 Å². The van der Waals surface area contributed by atoms with Crippen LogP contribution in [0.15, 0.2) is 59.5 Å². The van der Waals surface area contributed by atoms with Crippen LogP contribution in [0.2, 0.25) is 0 Å². The molecular formula is C25H25F3N2O2S. The fourth-order valence-electron chi connectivity index (χ4n) is 3.97. The van der Waals surface area contributed by atoms with Gasteiger partial charge in [-0.15, -0.1) is 0 Å². The maximum atomic E-state index is 13.8. The Morgan fingerprint density at radius 1 is 0.939 bits per heavy atom. The summed E-state index contributed by atoms with van der Waals surface area (Å²) in [5.74, 6) is 0.254. The van der Waals surface area contributed by atoms with Gasteiger partial charge in [0.2, 0.25) is 0 Å². The lowest BCUT2D eigenvalue weighted by Crippen LogP contribution is -2.31. The molecular weight excluding hydrogens is 449 g/mol. The third-order valence-corrected chi connectivity index (χ3v) is 7.87. The molecule has 3 aromatic carbocycles. The molecule has 0 aliphatic carbocycles. The van der Waals surface area contributed by atoms with Gasteiger partial charge >= 0.3 is 6.18 Å². The number of hydrogen-bond acceptors (Lipinski definition) is 3. The van der Waals surface area contributed by atoms with Crippen molar-refractivity contribution in [3.05, 3.63) is 82.4 Å². The number of anilines is 3. The van der Waals surface area contributed by atoms with E-state index in [0.717, 1.165) is 28.8 Å². The summed E-state index contributed by atoms with van der Waals surface area (Å²) in [5, 5.41) is 3.06. The standard InChI is InChI=1S/C25H25F3N2O2S/c1-15(2)18-7-10-21(11-8-18)33(31,32)30-14-19-6-9-20(25(26,27)28)13-23(19)29-22-12-5-16(3)17(4)24(22)30/h5-13,15,29H,14H2,1-4H3. The molecule has 0 fully saturated rings. The molecule has 0 radical (unpaired) electrons. The second-order valence-electron chi connectivity index (χ2n) is 8.63. The van der Waals surface area contributed by atoms with Crippen LogP contribution in [-0.4, -0.2) is 8.42 Å². The van der Waals surface area contributed by atoms with Gasteiger partial charge in [0.05, 0.1) is 28.4 Å². The van der Waals surface area contributed by atoms with E-state index in [2.05, 4.69) is 5.32 Å². The Bertz CT molecular complexity index is 1310. The van der Waals surface area contributed by atoms with E-state index < -0.39 is 21.8 Å². The molecule has 0 saturated heterocycles. The number of rotatable bonds is 3. The van der Waals surface area contributed by atoms with Crippen molar-refractivity contribution in [1.82, 2.24) is 0 Å². The van der Waals surface area contributed by atoms with Crippen molar-refractivity contribution >= 4 is 27.1 Å². The molecule has 8 heteroatoms. The van der Waals surface area contributed by atoms with Crippen LogP contribution < -0.4 is 9.62 Å². The van der Waals surface area contributed by atoms with Gasteiger partial charge in [-0.2, -0.15) is 13.2 Å². The minimum Gasteiger partial charge on any atom is -0.354 e. The predicted octanol–water partition coefficient (Wildman–Crippen LogP) is 6.90. The van der Waals surface area contributed by atoms with Gasteiger partial charge in [-0.3, -0.25) is 4.31 Å². The van der Waals surface area contributed by atoms with Gasteiger partial charge in [-0.25, -0.2) is 8.42 Å². The zero-order valence-electron chi connectivity index (χ0n) is 18.8. The highest BCUT2D eigenvalue weighted by Crippen LogP contribution is 2.43. The Morgan fingerprint density at radius 2 is 1.61 bits per heavy atom. The van der Waals surface area contributed by atoms with Gasteiger partial charge in [0.25, 0.3) is 10.0 Å². The Hall–Kier alpha value is -3.00. The highest BCUT2D eigenvalue weighted by atomic mass is 32.2. The molecule has 0 bridgehead atoms. The van der Waals surface area contributed by atoms with Crippen LogP contribution in [0.25, 0.3) is 0 Å². The third-order valence-electron chi connectivity index (χ3n) is 6.11. The van der Waals surface area contributed by atoms with Gasteiger partial charge in [0.15, 0.2) is 0 Å². The lowest BCUT2D eigenvalue weighted by atomic mass is 10.0. The van der Waals surface area contributed by atoms with Crippen molar-refractivity contribution in [2.24, 2.45) is 0 Å². The molecule has 0 amide bonds. The molecule has 0 saturated carbocycles. The number of fused-ring (bicyclic) bond motifs is 2. The fraction of sp³-hybridized carbons (Fsp3) is 0.280. The highest BCUT2D eigenvalue weighted by molar-refractivity contribution is 7.92. The van der Waals surface area contributed by atoms with E-state index in [1.807, 2.05) is 33.8 Å². The first-order chi connectivity index (χ1) is 15.4. The number of nitrogens with one attached hydrogen (secondary N) is 1. The summed E-state index contributed by atoms with van der Waals surface area (Å²) in [6.07, 6.45) is -4.50. The number of alkyl halides is 3. The summed E-state index contributed by atoms with van der Waals surface area (Å²) in [5.41, 5.74) is 3.43. The number of nitrogens with zero attached hydrogens (tertiary/aromatic N) is 1. The molecule has 3 aromatic rings. The van der Waals surface area contributed by atoms with Gasteiger partial charge < -0.3 is 5.32 Å². The zero-order valence-corrected chi connectivity index (χ0v) is 19.6. The van der Waals surface area contributed by atoms with Crippen LogP contribution in [0.1, 0.15) is 47.6 Å². The summed E-state index contributed by atoms with van der Waals surface area (Å²) in [7, 11) is -3.99. The summed E-state index contributed by atoms with van der Waals surface area (Å²) < 4.78 is 68.8. The van der Waals surface area contributed by atoms with Crippen molar-refractivity contribution in [3.8, 4) is 0 Å². The number of sulfonamides is 1. The molecule has 1 N–H and O–H groups in total. The predicted molar refractivity (Wildman–Crippen MR) is 125 cm³/mol. The van der Waals surface area contributed by atoms with Crippen LogP contribution >= 0.6 is 0 Å². The first-order valence-electron chi connectivity index (χ1n) is 10.6. The maximum absolute atomic E-state index is 13.8. The summed E-state index contributed by atoms with van der Waals surface area (Å²) in [6.45, 7) is 7.65. The largest absolute Gasteiger partial charge is 0.416 e. The first kappa shape index (κ1) is 23.2. The number of hydrogen-bond donors (Lipinski definition) is 1. The molecule has 4 rings (SSSR count). The van der Waals surface area contributed by atoms with Crippen molar-refractivity contribution in [3.63, 3.8) is 0 Å². The van der Waals surface area contributed by atoms with E-state index >= 15 is 0 Å². The van der Waals surface area contributed by atoms with Gasteiger partial charge in [-0.05, 0) is 72.4 Å². The van der Waals surface area contributed by atoms with Crippen molar-refractivity contribution in [2.45, 2.75) is 51.2 Å². The monoisotopic (exact) mass is 474 g/mol. The number of benzene rings is 3. The molecule has 1 aliphatic heterocycles. The lowest BCUT2D eigenvalue weighted by molar-refractivity contribution is -0.137. The first-order valence-corrected chi connectivity index (χ1v) is 12.0. The number of aryl methyl sites for hydroxylation is 1. The average Bonchev–Trinajstić information content (AvgIpc) is 2.92. The number of halogens is 3. The molecule has 174 valence electrons. The molecule has 0 unspecified atom stereocenters. The summed E-state index contributed by atoms with van der Waals surface area (Å²) >= 11 is 0. The van der Waals surface area contributed by atoms with E-state index in [9.17, 15) is 21.6 Å². The third kappa shape index (κ3) is 4.19. The van der Waals surface area contributed by atoms with Gasteiger partial charge in [0.1, 0.15) is 0 Å². The van der Waals surface area contributed by atoms with Gasteiger partial charge in [-0.1, -0.05) is 38.1 Å². The lowest BCUT2D eigenvalue weighted by Gasteiger charge is -2.27. The fourth-order valence-corrected chi connectivity index (χ4v) is 5.49. The highest BCUT2D eigenvalue weighted by Gasteiger charge is 2.34. The SMILES string of the molecule is Cc1ccc2c(c1C)N(S(=O)(=O)c1ccc(C(C)C)cc1)Cc1ccc(C(F)(F)F)cc1N2. The molecule has 4 nitrogen and oxygen atoms in total. The van der Waals surface area contributed by atoms with Crippen molar-refractivity contribution < 1.29 is 21.6 Å². The molecule has 0 atom stereocenters. The second-order valence-corrected chi connectivity index (χ2v) is 10.5. The smallest absolute Gasteiger partial charge is 0.354 e. The van der Waals surface area contributed by atoms with Gasteiger partial charge in [0, 0.05) is 5.69 Å². The Balaban J connectivity index is 1.90. The van der Waals surface area contributed by atoms with Crippen molar-refractivity contribution in [1.29, 1.82) is 0 Å². The van der Waals surface area contributed by atoms with E-state index in [1.165, 1.54) is 10.4 Å². The average molecular weight is 475 g/mol. The normalized spacial score (nSPS) is 13.9. The minimum absolute atomic E-state index is 0.0912. The topological polar surface area (TPSA) is 49.4 Å². The molecule has 0 spiro atoms. The summed E-state index contributed by atoms with van der Waals surface area (Å²) in [4.78, 5) is 0.133. The minimum atomic E-state index is -4.50. The molecule has 0 aromatic heterocycles. The van der Waals surface area contributed by atoms with Crippen LogP contribution in [0.3, 0.4) is 0 Å². The van der Waals surface area contributed by atoms with E-state index in [1.54, 1.807) is 30.3 Å². The van der Waals surface area contributed by atoms with E-state index in [-0.39, 0.29) is 23.0 Å².